The van der Waals surface area contributed by atoms with Crippen molar-refractivity contribution in [2.24, 2.45) is 0 Å². The molecule has 4 rings (SSSR count). The van der Waals surface area contributed by atoms with E-state index in [9.17, 15) is 9.90 Å². The van der Waals surface area contributed by atoms with E-state index in [2.05, 4.69) is 22.0 Å². The van der Waals surface area contributed by atoms with Crippen molar-refractivity contribution in [3.05, 3.63) is 59.9 Å². The lowest BCUT2D eigenvalue weighted by molar-refractivity contribution is 0.0473. The second-order valence-corrected chi connectivity index (χ2v) is 8.02. The lowest BCUT2D eigenvalue weighted by Crippen LogP contribution is -2.42. The van der Waals surface area contributed by atoms with Crippen LogP contribution in [0.15, 0.2) is 48.8 Å². The van der Waals surface area contributed by atoms with Crippen LogP contribution in [0.5, 0.6) is 5.75 Å². The second kappa shape index (κ2) is 9.37. The normalized spacial score (nSPS) is 21.1. The summed E-state index contributed by atoms with van der Waals surface area (Å²) < 4.78 is 6.20. The Bertz CT molecular complexity index is 806. The summed E-state index contributed by atoms with van der Waals surface area (Å²) in [6.45, 7) is 4.06. The number of β-amino-alcohol motifs (C(OH)–C–C–N with tert-alkyl or cyclic N) is 1. The molecule has 1 aromatic carbocycles. The van der Waals surface area contributed by atoms with Crippen LogP contribution in [0.2, 0.25) is 0 Å². The average Bonchev–Trinajstić information content (AvgIpc) is 2.75. The Balaban J connectivity index is 1.30. The van der Waals surface area contributed by atoms with Gasteiger partial charge in [0.2, 0.25) is 0 Å². The van der Waals surface area contributed by atoms with Gasteiger partial charge in [0.05, 0.1) is 6.10 Å². The number of hydrogen-bond donors (Lipinski definition) is 1. The summed E-state index contributed by atoms with van der Waals surface area (Å²) in [5, 5.41) is 9.84. The van der Waals surface area contributed by atoms with E-state index in [1.165, 1.54) is 5.56 Å². The van der Waals surface area contributed by atoms with Crippen molar-refractivity contribution in [1.29, 1.82) is 0 Å². The van der Waals surface area contributed by atoms with Crippen LogP contribution in [0.4, 0.5) is 0 Å². The van der Waals surface area contributed by atoms with Gasteiger partial charge in [-0.15, -0.1) is 0 Å². The highest BCUT2D eigenvalue weighted by molar-refractivity contribution is 5.94. The highest BCUT2D eigenvalue weighted by Crippen LogP contribution is 2.22. The number of aliphatic hydroxyl groups is 1. The van der Waals surface area contributed by atoms with E-state index < -0.39 is 6.10 Å². The van der Waals surface area contributed by atoms with Gasteiger partial charge < -0.3 is 14.7 Å². The number of aliphatic hydroxyl groups excluding tert-OH is 1. The molecule has 0 saturated carbocycles. The molecular weight excluding hydrogens is 366 g/mol. The van der Waals surface area contributed by atoms with E-state index in [4.69, 9.17) is 4.74 Å². The Morgan fingerprint density at radius 3 is 2.66 bits per heavy atom. The standard InChI is InChI=1S/C23H29N3O3/c27-20-4-2-12-26(17-20)23(28)19-3-1-5-22(15-19)29-21-8-13-25(14-9-21)16-18-6-10-24-11-7-18/h1,3,5-7,10-11,15,20-21,27H,2,4,8-9,12-14,16-17H2. The fourth-order valence-electron chi connectivity index (χ4n) is 4.15. The molecule has 0 aliphatic carbocycles. The number of likely N-dealkylation sites (tertiary alicyclic amines) is 2. The van der Waals surface area contributed by atoms with E-state index in [0.29, 0.717) is 18.7 Å². The Morgan fingerprint density at radius 1 is 1.10 bits per heavy atom. The summed E-state index contributed by atoms with van der Waals surface area (Å²) in [4.78, 5) is 21.0. The quantitative estimate of drug-likeness (QED) is 0.843. The lowest BCUT2D eigenvalue weighted by Gasteiger charge is -2.32. The maximum atomic E-state index is 12.8. The molecule has 2 aliphatic rings. The molecule has 2 aromatic rings. The van der Waals surface area contributed by atoms with Crippen molar-refractivity contribution in [3.63, 3.8) is 0 Å². The van der Waals surface area contributed by atoms with Crippen molar-refractivity contribution >= 4 is 5.91 Å². The first-order valence-electron chi connectivity index (χ1n) is 10.5. The second-order valence-electron chi connectivity index (χ2n) is 8.02. The molecule has 6 nitrogen and oxygen atoms in total. The van der Waals surface area contributed by atoms with E-state index in [1.54, 1.807) is 4.90 Å². The van der Waals surface area contributed by atoms with Gasteiger partial charge >= 0.3 is 0 Å². The van der Waals surface area contributed by atoms with Crippen LogP contribution in [0.1, 0.15) is 41.6 Å². The number of ether oxygens (including phenoxy) is 1. The van der Waals surface area contributed by atoms with Gasteiger partial charge in [0.25, 0.3) is 5.91 Å². The van der Waals surface area contributed by atoms with Crippen molar-refractivity contribution in [3.8, 4) is 5.75 Å². The number of piperidine rings is 2. The minimum Gasteiger partial charge on any atom is -0.490 e. The monoisotopic (exact) mass is 395 g/mol. The molecule has 0 bridgehead atoms. The summed E-state index contributed by atoms with van der Waals surface area (Å²) in [5.41, 5.74) is 1.92. The zero-order valence-electron chi connectivity index (χ0n) is 16.7. The first-order chi connectivity index (χ1) is 14.2. The van der Waals surface area contributed by atoms with Crippen molar-refractivity contribution < 1.29 is 14.6 Å². The average molecular weight is 396 g/mol. The zero-order chi connectivity index (χ0) is 20.1. The van der Waals surface area contributed by atoms with Gasteiger partial charge in [-0.05, 0) is 61.6 Å². The van der Waals surface area contributed by atoms with Crippen LogP contribution in [-0.2, 0) is 6.54 Å². The van der Waals surface area contributed by atoms with Gasteiger partial charge in [-0.2, -0.15) is 0 Å². The number of amides is 1. The minimum atomic E-state index is -0.413. The van der Waals surface area contributed by atoms with Gasteiger partial charge in [-0.3, -0.25) is 14.7 Å². The molecule has 2 saturated heterocycles. The summed E-state index contributed by atoms with van der Waals surface area (Å²) in [7, 11) is 0. The van der Waals surface area contributed by atoms with E-state index in [1.807, 2.05) is 36.7 Å². The number of rotatable bonds is 5. The molecule has 3 heterocycles. The fourth-order valence-corrected chi connectivity index (χ4v) is 4.15. The number of benzene rings is 1. The first kappa shape index (κ1) is 19.9. The number of carbonyl (C=O) groups is 1. The number of pyridine rings is 1. The molecule has 6 heteroatoms. The van der Waals surface area contributed by atoms with Crippen molar-refractivity contribution in [2.45, 2.75) is 44.4 Å². The largest absolute Gasteiger partial charge is 0.490 e. The SMILES string of the molecule is O=C(c1cccc(OC2CCN(Cc3ccncc3)CC2)c1)N1CCCC(O)C1. The number of hydrogen-bond acceptors (Lipinski definition) is 5. The minimum absolute atomic E-state index is 0.0265. The third-order valence-corrected chi connectivity index (χ3v) is 5.76. The highest BCUT2D eigenvalue weighted by atomic mass is 16.5. The molecule has 1 amide bonds. The molecule has 1 N–H and O–H groups in total. The van der Waals surface area contributed by atoms with Gasteiger partial charge in [0.15, 0.2) is 0 Å². The maximum absolute atomic E-state index is 12.8. The highest BCUT2D eigenvalue weighted by Gasteiger charge is 2.24. The van der Waals surface area contributed by atoms with Crippen LogP contribution in [0.3, 0.4) is 0 Å². The summed E-state index contributed by atoms with van der Waals surface area (Å²) in [5.74, 6) is 0.724. The Kier molecular flexibility index (Phi) is 6.42. The lowest BCUT2D eigenvalue weighted by atomic mass is 10.1. The van der Waals surface area contributed by atoms with Crippen molar-refractivity contribution in [2.75, 3.05) is 26.2 Å². The first-order valence-corrected chi connectivity index (χ1v) is 10.5. The third kappa shape index (κ3) is 5.34. The molecule has 2 aliphatic heterocycles. The van der Waals surface area contributed by atoms with Gasteiger partial charge in [0.1, 0.15) is 11.9 Å². The molecule has 1 aromatic heterocycles. The third-order valence-electron chi connectivity index (χ3n) is 5.76. The molecule has 1 atom stereocenters. The van der Waals surface area contributed by atoms with E-state index in [0.717, 1.165) is 51.1 Å². The predicted molar refractivity (Wildman–Crippen MR) is 111 cm³/mol. The molecular formula is C23H29N3O3. The molecule has 1 unspecified atom stereocenters. The fraction of sp³-hybridized carbons (Fsp3) is 0.478. The topological polar surface area (TPSA) is 65.9 Å². The molecule has 154 valence electrons. The maximum Gasteiger partial charge on any atom is 0.254 e. The molecule has 0 spiro atoms. The molecule has 29 heavy (non-hydrogen) atoms. The summed E-state index contributed by atoms with van der Waals surface area (Å²) in [6.07, 6.45) is 7.00. The van der Waals surface area contributed by atoms with Crippen molar-refractivity contribution in [1.82, 2.24) is 14.8 Å². The summed E-state index contributed by atoms with van der Waals surface area (Å²) >= 11 is 0. The van der Waals surface area contributed by atoms with Gasteiger partial charge in [-0.1, -0.05) is 6.07 Å². The number of carbonyl (C=O) groups excluding carboxylic acids is 1. The van der Waals surface area contributed by atoms with Crippen LogP contribution in [0, 0.1) is 0 Å². The Hall–Kier alpha value is -2.44. The predicted octanol–water partition coefficient (Wildman–Crippen LogP) is 2.72. The zero-order valence-corrected chi connectivity index (χ0v) is 16.7. The number of aromatic nitrogens is 1. The Labute approximate surface area is 172 Å². The molecule has 2 fully saturated rings. The Morgan fingerprint density at radius 2 is 1.90 bits per heavy atom. The smallest absolute Gasteiger partial charge is 0.254 e. The van der Waals surface area contributed by atoms with Crippen LogP contribution in [0.25, 0.3) is 0 Å². The van der Waals surface area contributed by atoms with Crippen LogP contribution in [-0.4, -0.2) is 64.2 Å². The van der Waals surface area contributed by atoms with E-state index in [-0.39, 0.29) is 12.0 Å². The van der Waals surface area contributed by atoms with Gasteiger partial charge in [0, 0.05) is 50.7 Å². The van der Waals surface area contributed by atoms with Crippen LogP contribution < -0.4 is 4.74 Å². The van der Waals surface area contributed by atoms with Crippen LogP contribution >= 0.6 is 0 Å². The van der Waals surface area contributed by atoms with Gasteiger partial charge in [-0.25, -0.2) is 0 Å². The number of nitrogens with zero attached hydrogens (tertiary/aromatic N) is 3. The summed E-state index contributed by atoms with van der Waals surface area (Å²) in [6, 6.07) is 11.6. The molecule has 0 radical (unpaired) electrons. The van der Waals surface area contributed by atoms with E-state index >= 15 is 0 Å².